The molecule has 2 aromatic heterocycles. The fraction of sp³-hybridized carbons (Fsp3) is 0.447. The highest BCUT2D eigenvalue weighted by Crippen LogP contribution is 2.46. The van der Waals surface area contributed by atoms with Crippen LogP contribution in [0.1, 0.15) is 81.3 Å². The van der Waals surface area contributed by atoms with E-state index in [-0.39, 0.29) is 0 Å². The number of aliphatic carboxylic acids is 1. The Morgan fingerprint density at radius 1 is 1.02 bits per heavy atom. The molecule has 48 heavy (non-hydrogen) atoms. The van der Waals surface area contributed by atoms with Gasteiger partial charge in [-0.05, 0) is 114 Å². The molecule has 5 aromatic rings. The van der Waals surface area contributed by atoms with E-state index >= 15 is 0 Å². The Morgan fingerprint density at radius 2 is 1.73 bits per heavy atom. The number of fused-ring (bicyclic) bond motifs is 2. The van der Waals surface area contributed by atoms with Crippen molar-refractivity contribution in [3.63, 3.8) is 0 Å². The van der Waals surface area contributed by atoms with E-state index in [1.54, 1.807) is 11.3 Å². The summed E-state index contributed by atoms with van der Waals surface area (Å²) in [7, 11) is 0. The van der Waals surface area contributed by atoms with E-state index in [1.165, 1.54) is 29.4 Å². The molecule has 3 aliphatic rings. The number of rotatable bonds is 8. The van der Waals surface area contributed by atoms with E-state index in [1.807, 2.05) is 58.0 Å². The van der Waals surface area contributed by atoms with Gasteiger partial charge in [-0.1, -0.05) is 23.7 Å². The maximum atomic E-state index is 12.8. The second kappa shape index (κ2) is 12.2. The number of carboxylic acids is 1. The SMILES string of the molecule is Cc1cc2nc(-c3ccc4c(c3)c(C3CCN(C5COC5)CC3)nn4C3CC3)sc2c(-c2ccc(Cl)cc2)c1[C@H](OC(C)(C)C)C(=O)O. The molecular weight excluding hydrogens is 644 g/mol. The first-order valence-corrected chi connectivity index (χ1v) is 18.2. The molecule has 1 N–H and O–H groups in total. The highest BCUT2D eigenvalue weighted by Gasteiger charge is 2.35. The zero-order valence-electron chi connectivity index (χ0n) is 27.8. The van der Waals surface area contributed by atoms with Gasteiger partial charge >= 0.3 is 5.97 Å². The monoisotopic (exact) mass is 684 g/mol. The molecule has 0 amide bonds. The van der Waals surface area contributed by atoms with Crippen molar-refractivity contribution in [1.29, 1.82) is 0 Å². The largest absolute Gasteiger partial charge is 0.479 e. The van der Waals surface area contributed by atoms with Gasteiger partial charge in [0.1, 0.15) is 5.01 Å². The van der Waals surface area contributed by atoms with Crippen LogP contribution in [0.15, 0.2) is 48.5 Å². The lowest BCUT2D eigenvalue weighted by molar-refractivity contribution is -0.160. The van der Waals surface area contributed by atoms with Crippen LogP contribution < -0.4 is 0 Å². The van der Waals surface area contributed by atoms with Crippen molar-refractivity contribution in [2.75, 3.05) is 26.3 Å². The molecule has 0 radical (unpaired) electrons. The number of halogens is 1. The quantitative estimate of drug-likeness (QED) is 0.175. The van der Waals surface area contributed by atoms with Crippen LogP contribution in [0.2, 0.25) is 5.02 Å². The van der Waals surface area contributed by atoms with E-state index in [9.17, 15) is 9.90 Å². The van der Waals surface area contributed by atoms with E-state index in [4.69, 9.17) is 31.2 Å². The van der Waals surface area contributed by atoms with Crippen LogP contribution in [0.25, 0.3) is 42.8 Å². The van der Waals surface area contributed by atoms with Gasteiger partial charge in [0.05, 0.1) is 52.3 Å². The second-order valence-electron chi connectivity index (χ2n) is 14.6. The molecule has 0 spiro atoms. The fourth-order valence-electron chi connectivity index (χ4n) is 7.33. The molecule has 4 heterocycles. The Bertz CT molecular complexity index is 2010. The van der Waals surface area contributed by atoms with E-state index in [2.05, 4.69) is 27.8 Å². The first-order chi connectivity index (χ1) is 23.0. The lowest BCUT2D eigenvalue weighted by atomic mass is 9.90. The van der Waals surface area contributed by atoms with Gasteiger partial charge in [-0.25, -0.2) is 9.78 Å². The Morgan fingerprint density at radius 3 is 2.35 bits per heavy atom. The van der Waals surface area contributed by atoms with Gasteiger partial charge < -0.3 is 14.6 Å². The third-order valence-corrected chi connectivity index (χ3v) is 11.3. The van der Waals surface area contributed by atoms with Gasteiger partial charge in [-0.2, -0.15) is 5.10 Å². The molecule has 1 saturated carbocycles. The van der Waals surface area contributed by atoms with Gasteiger partial charge in [-0.15, -0.1) is 11.3 Å². The first-order valence-electron chi connectivity index (χ1n) is 17.0. The molecule has 2 aliphatic heterocycles. The molecule has 3 aromatic carbocycles. The summed E-state index contributed by atoms with van der Waals surface area (Å²) < 4.78 is 14.9. The summed E-state index contributed by atoms with van der Waals surface area (Å²) >= 11 is 7.90. The summed E-state index contributed by atoms with van der Waals surface area (Å²) in [6.45, 7) is 11.5. The summed E-state index contributed by atoms with van der Waals surface area (Å²) in [6, 6.07) is 17.3. The highest BCUT2D eigenvalue weighted by atomic mass is 35.5. The van der Waals surface area contributed by atoms with Gasteiger partial charge in [0.2, 0.25) is 0 Å². The Balaban J connectivity index is 1.24. The minimum absolute atomic E-state index is 0.424. The minimum atomic E-state index is -1.15. The third-order valence-electron chi connectivity index (χ3n) is 9.95. The number of aromatic nitrogens is 3. The number of carboxylic acid groups (broad SMARTS) is 1. The number of hydrogen-bond acceptors (Lipinski definition) is 7. The number of benzene rings is 3. The molecule has 1 atom stereocenters. The number of thiazole rings is 1. The topological polar surface area (TPSA) is 89.7 Å². The molecule has 0 bridgehead atoms. The van der Waals surface area contributed by atoms with E-state index < -0.39 is 17.7 Å². The minimum Gasteiger partial charge on any atom is -0.479 e. The van der Waals surface area contributed by atoms with Crippen LogP contribution in [0.4, 0.5) is 0 Å². The molecule has 8 nitrogen and oxygen atoms in total. The average Bonchev–Trinajstić information content (AvgIpc) is 3.67. The normalized spacial score (nSPS) is 18.9. The summed E-state index contributed by atoms with van der Waals surface area (Å²) in [5.41, 5.74) is 6.81. The molecule has 2 saturated heterocycles. The van der Waals surface area contributed by atoms with Crippen LogP contribution >= 0.6 is 22.9 Å². The van der Waals surface area contributed by atoms with Crippen molar-refractivity contribution in [3.05, 3.63) is 70.4 Å². The number of likely N-dealkylation sites (tertiary alicyclic amines) is 1. The van der Waals surface area contributed by atoms with Gasteiger partial charge in [0.15, 0.2) is 6.10 Å². The van der Waals surface area contributed by atoms with Gasteiger partial charge in [-0.3, -0.25) is 9.58 Å². The van der Waals surface area contributed by atoms with Crippen LogP contribution in [0.3, 0.4) is 0 Å². The smallest absolute Gasteiger partial charge is 0.337 e. The maximum absolute atomic E-state index is 12.8. The maximum Gasteiger partial charge on any atom is 0.337 e. The predicted molar refractivity (Wildman–Crippen MR) is 191 cm³/mol. The van der Waals surface area contributed by atoms with Gasteiger partial charge in [0, 0.05) is 33.0 Å². The number of ether oxygens (including phenoxy) is 2. The molecule has 3 fully saturated rings. The summed E-state index contributed by atoms with van der Waals surface area (Å²) in [5, 5.41) is 18.5. The number of nitrogens with zero attached hydrogens (tertiary/aromatic N) is 4. The molecule has 1 aliphatic carbocycles. The van der Waals surface area contributed by atoms with E-state index in [0.717, 1.165) is 76.6 Å². The lowest BCUT2D eigenvalue weighted by Gasteiger charge is -2.41. The Kier molecular flexibility index (Phi) is 8.12. The summed E-state index contributed by atoms with van der Waals surface area (Å²) in [4.78, 5) is 20.5. The van der Waals surface area contributed by atoms with E-state index in [0.29, 0.717) is 28.6 Å². The zero-order valence-corrected chi connectivity index (χ0v) is 29.4. The zero-order chi connectivity index (χ0) is 33.3. The summed E-state index contributed by atoms with van der Waals surface area (Å²) in [5.74, 6) is -0.599. The molecule has 10 heteroatoms. The predicted octanol–water partition coefficient (Wildman–Crippen LogP) is 8.80. The Hall–Kier alpha value is -3.34. The van der Waals surface area contributed by atoms with Crippen molar-refractivity contribution in [1.82, 2.24) is 19.7 Å². The molecular formula is C38H41ClN4O4S. The van der Waals surface area contributed by atoms with Crippen LogP contribution in [-0.4, -0.2) is 68.7 Å². The lowest BCUT2D eigenvalue weighted by Crippen LogP contribution is -2.51. The van der Waals surface area contributed by atoms with Crippen molar-refractivity contribution < 1.29 is 19.4 Å². The highest BCUT2D eigenvalue weighted by molar-refractivity contribution is 7.22. The standard InChI is InChI=1S/C38H41ClN4O4S/c1-21-17-29-35(32(22-5-8-25(39)9-6-22)31(21)34(37(44)45)47-38(2,3)4)48-36(40-29)24-7-12-30-28(18-24)33(41-43(30)26-10-11-26)23-13-15-42(16-14-23)27-19-46-20-27/h5-9,12,17-18,23,26-27,34H,10-11,13-16,19-20H2,1-4H3,(H,44,45)/t34-/m0/s1. The van der Waals surface area contributed by atoms with Crippen LogP contribution in [0, 0.1) is 6.92 Å². The van der Waals surface area contributed by atoms with Crippen molar-refractivity contribution in [2.45, 2.75) is 83.1 Å². The third kappa shape index (κ3) is 5.94. The second-order valence-corrected chi connectivity index (χ2v) is 16.0. The molecule has 0 unspecified atom stereocenters. The number of piperidine rings is 1. The van der Waals surface area contributed by atoms with Gasteiger partial charge in [0.25, 0.3) is 0 Å². The van der Waals surface area contributed by atoms with Crippen molar-refractivity contribution in [2.24, 2.45) is 0 Å². The number of carbonyl (C=O) groups is 1. The van der Waals surface area contributed by atoms with Crippen LogP contribution in [0.5, 0.6) is 0 Å². The molecule has 8 rings (SSSR count). The Labute approximate surface area is 289 Å². The first kappa shape index (κ1) is 31.9. The fourth-order valence-corrected chi connectivity index (χ4v) is 8.58. The van der Waals surface area contributed by atoms with Crippen LogP contribution in [-0.2, 0) is 14.3 Å². The number of aryl methyl sites for hydroxylation is 1. The molecule has 250 valence electrons. The average molecular weight is 685 g/mol. The van der Waals surface area contributed by atoms with Crippen molar-refractivity contribution >= 4 is 50.0 Å². The summed E-state index contributed by atoms with van der Waals surface area (Å²) in [6.07, 6.45) is 3.42. The number of hydrogen-bond donors (Lipinski definition) is 1. The van der Waals surface area contributed by atoms with Crippen molar-refractivity contribution in [3.8, 4) is 21.7 Å².